The molecule has 1 aliphatic rings. The highest BCUT2D eigenvalue weighted by Gasteiger charge is 2.44. The molecule has 2 unspecified atom stereocenters. The summed E-state index contributed by atoms with van der Waals surface area (Å²) in [6.07, 6.45) is 0.641. The van der Waals surface area contributed by atoms with Crippen molar-refractivity contribution >= 4 is 5.97 Å². The first-order chi connectivity index (χ1) is 11.4. The van der Waals surface area contributed by atoms with Crippen LogP contribution < -0.4 is 0 Å². The molecule has 0 saturated heterocycles. The first-order valence-corrected chi connectivity index (χ1v) is 8.15. The van der Waals surface area contributed by atoms with Gasteiger partial charge in [0.25, 0.3) is 0 Å². The average molecular weight is 324 g/mol. The molecular weight excluding hydrogens is 303 g/mol. The molecule has 3 rings (SSSR count). The lowest BCUT2D eigenvalue weighted by Crippen LogP contribution is -2.37. The highest BCUT2D eigenvalue weighted by molar-refractivity contribution is 5.88. The molecule has 2 nitrogen and oxygen atoms in total. The summed E-state index contributed by atoms with van der Waals surface area (Å²) in [5.41, 5.74) is 3.59. The van der Waals surface area contributed by atoms with Crippen LogP contribution in [0.15, 0.2) is 54.6 Å². The Balaban J connectivity index is 2.16. The summed E-state index contributed by atoms with van der Waals surface area (Å²) in [5.74, 6) is -0.786. The van der Waals surface area contributed by atoms with Crippen LogP contribution in [0.4, 0.5) is 4.39 Å². The number of carbonyl (C=O) groups is 1. The largest absolute Gasteiger partial charge is 0.455 e. The number of rotatable bonds is 4. The van der Waals surface area contributed by atoms with E-state index in [2.05, 4.69) is 6.58 Å². The first kappa shape index (κ1) is 16.4. The molecule has 0 amide bonds. The Morgan fingerprint density at radius 1 is 1.21 bits per heavy atom. The molecule has 124 valence electrons. The monoisotopic (exact) mass is 324 g/mol. The molecule has 0 heterocycles. The van der Waals surface area contributed by atoms with E-state index in [0.29, 0.717) is 12.0 Å². The van der Waals surface area contributed by atoms with Crippen molar-refractivity contribution in [3.63, 3.8) is 0 Å². The van der Waals surface area contributed by atoms with Gasteiger partial charge in [-0.05, 0) is 54.7 Å². The van der Waals surface area contributed by atoms with Crippen molar-refractivity contribution in [2.75, 3.05) is 0 Å². The van der Waals surface area contributed by atoms with Gasteiger partial charge in [-0.2, -0.15) is 0 Å². The SMILES string of the molecule is C=C(C)C(=O)OC(C)(CC)C1c2ccccc2-c2cc(F)ccc21. The van der Waals surface area contributed by atoms with Crippen LogP contribution in [0.5, 0.6) is 0 Å². The van der Waals surface area contributed by atoms with Gasteiger partial charge in [-0.1, -0.05) is 43.8 Å². The molecule has 0 spiro atoms. The van der Waals surface area contributed by atoms with Crippen LogP contribution in [0, 0.1) is 5.82 Å². The van der Waals surface area contributed by atoms with Crippen LogP contribution in [0.1, 0.15) is 44.2 Å². The Morgan fingerprint density at radius 3 is 2.54 bits per heavy atom. The van der Waals surface area contributed by atoms with Gasteiger partial charge < -0.3 is 4.74 Å². The zero-order valence-corrected chi connectivity index (χ0v) is 14.2. The van der Waals surface area contributed by atoms with Crippen LogP contribution >= 0.6 is 0 Å². The van der Waals surface area contributed by atoms with E-state index < -0.39 is 11.6 Å². The maximum atomic E-state index is 13.8. The topological polar surface area (TPSA) is 26.3 Å². The summed E-state index contributed by atoms with van der Waals surface area (Å²) in [6.45, 7) is 9.25. The molecule has 0 saturated carbocycles. The lowest BCUT2D eigenvalue weighted by Gasteiger charge is -2.35. The minimum absolute atomic E-state index is 0.127. The van der Waals surface area contributed by atoms with Crippen LogP contribution in [0.2, 0.25) is 0 Å². The van der Waals surface area contributed by atoms with Crippen molar-refractivity contribution < 1.29 is 13.9 Å². The third-order valence-electron chi connectivity index (χ3n) is 4.88. The third kappa shape index (κ3) is 2.54. The van der Waals surface area contributed by atoms with Crippen LogP contribution in [-0.2, 0) is 9.53 Å². The second-order valence-corrected chi connectivity index (χ2v) is 6.59. The van der Waals surface area contributed by atoms with Gasteiger partial charge in [-0.3, -0.25) is 0 Å². The smallest absolute Gasteiger partial charge is 0.333 e. The second-order valence-electron chi connectivity index (χ2n) is 6.59. The molecule has 0 aliphatic heterocycles. The van der Waals surface area contributed by atoms with E-state index >= 15 is 0 Å². The van der Waals surface area contributed by atoms with E-state index in [0.717, 1.165) is 22.3 Å². The van der Waals surface area contributed by atoms with E-state index in [9.17, 15) is 9.18 Å². The number of ether oxygens (including phenoxy) is 1. The molecule has 0 N–H and O–H groups in total. The Morgan fingerprint density at radius 2 is 1.88 bits per heavy atom. The minimum atomic E-state index is -0.727. The summed E-state index contributed by atoms with van der Waals surface area (Å²) < 4.78 is 19.6. The Hall–Kier alpha value is -2.42. The highest BCUT2D eigenvalue weighted by atomic mass is 19.1. The maximum absolute atomic E-state index is 13.8. The molecule has 0 bridgehead atoms. The predicted octanol–water partition coefficient (Wildman–Crippen LogP) is 5.23. The normalized spacial score (nSPS) is 17.6. The van der Waals surface area contributed by atoms with Gasteiger partial charge in [0, 0.05) is 11.5 Å². The highest BCUT2D eigenvalue weighted by Crippen LogP contribution is 2.51. The molecule has 2 aromatic carbocycles. The quantitative estimate of drug-likeness (QED) is 0.569. The zero-order chi connectivity index (χ0) is 17.5. The summed E-state index contributed by atoms with van der Waals surface area (Å²) in [7, 11) is 0. The van der Waals surface area contributed by atoms with E-state index in [1.807, 2.05) is 38.1 Å². The lowest BCUT2D eigenvalue weighted by molar-refractivity contribution is -0.154. The Kier molecular flexibility index (Phi) is 4.04. The number of hydrogen-bond acceptors (Lipinski definition) is 2. The van der Waals surface area contributed by atoms with Gasteiger partial charge in [-0.15, -0.1) is 0 Å². The van der Waals surface area contributed by atoms with Crippen LogP contribution in [0.3, 0.4) is 0 Å². The standard InChI is InChI=1S/C21H21FO2/c1-5-21(4,24-20(23)13(2)3)19-16-9-7-6-8-15(16)18-12-14(22)10-11-17(18)19/h6-12,19H,2,5H2,1,3-4H3. The first-order valence-electron chi connectivity index (χ1n) is 8.15. The predicted molar refractivity (Wildman–Crippen MR) is 93.3 cm³/mol. The average Bonchev–Trinajstić information content (AvgIpc) is 2.89. The summed E-state index contributed by atoms with van der Waals surface area (Å²) in [6, 6.07) is 12.8. The molecule has 1 aliphatic carbocycles. The molecule has 0 aromatic heterocycles. The van der Waals surface area contributed by atoms with Gasteiger partial charge in [0.05, 0.1) is 0 Å². The number of halogens is 1. The molecule has 2 atom stereocenters. The van der Waals surface area contributed by atoms with Gasteiger partial charge >= 0.3 is 5.97 Å². The van der Waals surface area contributed by atoms with Gasteiger partial charge in [0.1, 0.15) is 11.4 Å². The molecule has 3 heteroatoms. The minimum Gasteiger partial charge on any atom is -0.455 e. The maximum Gasteiger partial charge on any atom is 0.333 e. The number of hydrogen-bond donors (Lipinski definition) is 0. The van der Waals surface area contributed by atoms with Crippen LogP contribution in [0.25, 0.3) is 11.1 Å². The second kappa shape index (κ2) is 5.90. The fraction of sp³-hybridized carbons (Fsp3) is 0.286. The molecule has 0 fully saturated rings. The van der Waals surface area contributed by atoms with Crippen molar-refractivity contribution in [2.24, 2.45) is 0 Å². The van der Waals surface area contributed by atoms with Gasteiger partial charge in [-0.25, -0.2) is 9.18 Å². The fourth-order valence-electron chi connectivity index (χ4n) is 3.47. The van der Waals surface area contributed by atoms with Crippen molar-refractivity contribution in [3.8, 4) is 11.1 Å². The summed E-state index contributed by atoms with van der Waals surface area (Å²) in [5, 5.41) is 0. The number of benzene rings is 2. The van der Waals surface area contributed by atoms with Crippen LogP contribution in [-0.4, -0.2) is 11.6 Å². The summed E-state index contributed by atoms with van der Waals surface area (Å²) in [4.78, 5) is 12.2. The Labute approximate surface area is 142 Å². The molecule has 2 aromatic rings. The number of carbonyl (C=O) groups excluding carboxylic acids is 1. The van der Waals surface area contributed by atoms with E-state index in [-0.39, 0.29) is 11.7 Å². The molecule has 24 heavy (non-hydrogen) atoms. The number of fused-ring (bicyclic) bond motifs is 3. The molecule has 0 radical (unpaired) electrons. The van der Waals surface area contributed by atoms with Crippen molar-refractivity contribution in [1.29, 1.82) is 0 Å². The third-order valence-corrected chi connectivity index (χ3v) is 4.88. The van der Waals surface area contributed by atoms with Crippen molar-refractivity contribution in [2.45, 2.75) is 38.7 Å². The lowest BCUT2D eigenvalue weighted by atomic mass is 9.79. The van der Waals surface area contributed by atoms with E-state index in [4.69, 9.17) is 4.74 Å². The zero-order valence-electron chi connectivity index (χ0n) is 14.2. The Bertz CT molecular complexity index is 824. The molecular formula is C21H21FO2. The fourth-order valence-corrected chi connectivity index (χ4v) is 3.47. The summed E-state index contributed by atoms with van der Waals surface area (Å²) >= 11 is 0. The van der Waals surface area contributed by atoms with Gasteiger partial charge in [0.2, 0.25) is 0 Å². The number of esters is 1. The van der Waals surface area contributed by atoms with E-state index in [1.54, 1.807) is 19.1 Å². The van der Waals surface area contributed by atoms with E-state index in [1.165, 1.54) is 6.07 Å². The van der Waals surface area contributed by atoms with Gasteiger partial charge in [0.15, 0.2) is 0 Å². The van der Waals surface area contributed by atoms with Crippen molar-refractivity contribution in [1.82, 2.24) is 0 Å². The van der Waals surface area contributed by atoms with Crippen molar-refractivity contribution in [3.05, 3.63) is 71.6 Å².